The fourth-order valence-corrected chi connectivity index (χ4v) is 3.43. The van der Waals surface area contributed by atoms with Gasteiger partial charge in [-0.05, 0) is 61.9 Å². The fraction of sp³-hybridized carbons (Fsp3) is 0.625. The Hall–Kier alpha value is -0.840. The second-order valence-electron chi connectivity index (χ2n) is 5.99. The number of nitrogens with one attached hydrogen (secondary N) is 1. The highest BCUT2D eigenvalue weighted by Crippen LogP contribution is 2.27. The molecule has 0 aliphatic carbocycles. The van der Waals surface area contributed by atoms with Crippen LogP contribution in [-0.2, 0) is 11.2 Å². The fourth-order valence-electron chi connectivity index (χ4n) is 3.43. The summed E-state index contributed by atoms with van der Waals surface area (Å²) in [6.07, 6.45) is 7.36. The number of aromatic nitrogens is 1. The number of likely N-dealkylation sites (tertiary alicyclic amines) is 1. The number of nitrogens with zero attached hydrogens (tertiary/aromatic N) is 2. The van der Waals surface area contributed by atoms with Gasteiger partial charge in [0.1, 0.15) is 0 Å². The van der Waals surface area contributed by atoms with Crippen molar-refractivity contribution in [3.63, 3.8) is 0 Å². The first-order valence-corrected chi connectivity index (χ1v) is 7.70. The minimum Gasteiger partial charge on any atom is -0.343 e. The summed E-state index contributed by atoms with van der Waals surface area (Å²) < 4.78 is 0. The molecule has 2 aliphatic rings. The predicted molar refractivity (Wildman–Crippen MR) is 92.7 cm³/mol. The quantitative estimate of drug-likeness (QED) is 0.914. The van der Waals surface area contributed by atoms with E-state index in [4.69, 9.17) is 0 Å². The van der Waals surface area contributed by atoms with E-state index in [0.717, 1.165) is 44.4 Å². The number of rotatable bonds is 3. The zero-order valence-electron chi connectivity index (χ0n) is 12.7. The van der Waals surface area contributed by atoms with Crippen LogP contribution >= 0.6 is 24.8 Å². The Morgan fingerprint density at radius 1 is 1.14 bits per heavy atom. The van der Waals surface area contributed by atoms with Gasteiger partial charge in [0.05, 0.1) is 0 Å². The summed E-state index contributed by atoms with van der Waals surface area (Å²) in [5.74, 6) is 1.88. The zero-order valence-corrected chi connectivity index (χ0v) is 14.4. The highest BCUT2D eigenvalue weighted by atomic mass is 35.5. The second kappa shape index (κ2) is 9.33. The van der Waals surface area contributed by atoms with Crippen LogP contribution in [0, 0.1) is 11.8 Å². The molecule has 2 fully saturated rings. The molecule has 0 unspecified atom stereocenters. The van der Waals surface area contributed by atoms with Gasteiger partial charge in [-0.2, -0.15) is 0 Å². The lowest BCUT2D eigenvalue weighted by Gasteiger charge is -2.21. The van der Waals surface area contributed by atoms with Crippen molar-refractivity contribution in [3.8, 4) is 0 Å². The molecule has 2 aliphatic heterocycles. The minimum absolute atomic E-state index is 0. The van der Waals surface area contributed by atoms with Gasteiger partial charge in [0.25, 0.3) is 0 Å². The van der Waals surface area contributed by atoms with Gasteiger partial charge in [-0.1, -0.05) is 0 Å². The number of carbonyl (C=O) groups excluding carboxylic acids is 1. The van der Waals surface area contributed by atoms with Crippen molar-refractivity contribution in [3.05, 3.63) is 30.1 Å². The number of halogens is 2. The van der Waals surface area contributed by atoms with Crippen molar-refractivity contribution < 1.29 is 4.79 Å². The largest absolute Gasteiger partial charge is 0.343 e. The van der Waals surface area contributed by atoms with E-state index in [1.165, 1.54) is 18.4 Å². The third-order valence-electron chi connectivity index (χ3n) is 4.75. The molecule has 1 aromatic rings. The normalized spacial score (nSPS) is 23.7. The Balaban J connectivity index is 0.00000121. The van der Waals surface area contributed by atoms with Crippen molar-refractivity contribution in [1.82, 2.24) is 15.2 Å². The zero-order chi connectivity index (χ0) is 13.8. The first-order chi connectivity index (χ1) is 9.83. The summed E-state index contributed by atoms with van der Waals surface area (Å²) in [5.41, 5.74) is 1.20. The number of pyridine rings is 1. The smallest absolute Gasteiger partial charge is 0.222 e. The number of fused-ring (bicyclic) bond motifs is 1. The van der Waals surface area contributed by atoms with Gasteiger partial charge in [-0.15, -0.1) is 24.8 Å². The molecule has 1 amide bonds. The monoisotopic (exact) mass is 345 g/mol. The summed E-state index contributed by atoms with van der Waals surface area (Å²) in [7, 11) is 0. The first kappa shape index (κ1) is 19.2. The lowest BCUT2D eigenvalue weighted by molar-refractivity contribution is -0.131. The SMILES string of the molecule is Cl.Cl.O=C(CCc1ccncc1)N1CC[C@@H]2CNC[C@@H]2CC1. The number of hydrogen-bond acceptors (Lipinski definition) is 3. The average molecular weight is 346 g/mol. The molecule has 0 radical (unpaired) electrons. The standard InChI is InChI=1S/C16H23N3O.2ClH/c20-16(2-1-13-3-7-17-8-4-13)19-9-5-14-11-18-12-15(14)6-10-19;;/h3-4,7-8,14-15,18H,1-2,5-6,9-12H2;2*1H/t14-,15+;;. The van der Waals surface area contributed by atoms with Gasteiger partial charge in [0.15, 0.2) is 0 Å². The van der Waals surface area contributed by atoms with Gasteiger partial charge in [-0.3, -0.25) is 9.78 Å². The van der Waals surface area contributed by atoms with Crippen LogP contribution in [0.15, 0.2) is 24.5 Å². The molecular formula is C16H25Cl2N3O. The van der Waals surface area contributed by atoms with Crippen LogP contribution in [0.25, 0.3) is 0 Å². The molecule has 0 saturated carbocycles. The molecule has 0 bridgehead atoms. The highest BCUT2D eigenvalue weighted by Gasteiger charge is 2.31. The van der Waals surface area contributed by atoms with E-state index in [1.807, 2.05) is 12.1 Å². The minimum atomic E-state index is 0. The molecule has 4 nitrogen and oxygen atoms in total. The number of amides is 1. The van der Waals surface area contributed by atoms with Gasteiger partial charge in [-0.25, -0.2) is 0 Å². The summed E-state index contributed by atoms with van der Waals surface area (Å²) in [4.78, 5) is 18.4. The molecule has 3 heterocycles. The van der Waals surface area contributed by atoms with Crippen LogP contribution in [0.5, 0.6) is 0 Å². The van der Waals surface area contributed by atoms with Crippen LogP contribution in [0.1, 0.15) is 24.8 Å². The molecule has 2 saturated heterocycles. The molecule has 3 rings (SSSR count). The van der Waals surface area contributed by atoms with Gasteiger partial charge >= 0.3 is 0 Å². The van der Waals surface area contributed by atoms with E-state index in [-0.39, 0.29) is 24.8 Å². The predicted octanol–water partition coefficient (Wildman–Crippen LogP) is 2.32. The Bertz CT molecular complexity index is 444. The van der Waals surface area contributed by atoms with Crippen LogP contribution in [0.3, 0.4) is 0 Å². The lowest BCUT2D eigenvalue weighted by Crippen LogP contribution is -2.32. The Kier molecular flexibility index (Phi) is 8.15. The van der Waals surface area contributed by atoms with Gasteiger partial charge < -0.3 is 10.2 Å². The first-order valence-electron chi connectivity index (χ1n) is 7.70. The molecule has 22 heavy (non-hydrogen) atoms. The van der Waals surface area contributed by atoms with E-state index in [2.05, 4.69) is 15.2 Å². The summed E-state index contributed by atoms with van der Waals surface area (Å²) in [6.45, 7) is 4.17. The van der Waals surface area contributed by atoms with Crippen molar-refractivity contribution >= 4 is 30.7 Å². The van der Waals surface area contributed by atoms with E-state index in [9.17, 15) is 4.79 Å². The van der Waals surface area contributed by atoms with Crippen molar-refractivity contribution in [2.45, 2.75) is 25.7 Å². The number of hydrogen-bond donors (Lipinski definition) is 1. The average Bonchev–Trinajstić information content (AvgIpc) is 2.84. The third-order valence-corrected chi connectivity index (χ3v) is 4.75. The summed E-state index contributed by atoms with van der Waals surface area (Å²) in [6, 6.07) is 3.98. The molecular weight excluding hydrogens is 321 g/mol. The second-order valence-corrected chi connectivity index (χ2v) is 5.99. The van der Waals surface area contributed by atoms with Crippen LogP contribution in [0.4, 0.5) is 0 Å². The molecule has 6 heteroatoms. The van der Waals surface area contributed by atoms with Crippen molar-refractivity contribution in [1.29, 1.82) is 0 Å². The summed E-state index contributed by atoms with van der Waals surface area (Å²) >= 11 is 0. The lowest BCUT2D eigenvalue weighted by atomic mass is 9.92. The topological polar surface area (TPSA) is 45.2 Å². The van der Waals surface area contributed by atoms with E-state index in [1.54, 1.807) is 12.4 Å². The number of aryl methyl sites for hydroxylation is 1. The maximum Gasteiger partial charge on any atom is 0.222 e. The maximum absolute atomic E-state index is 12.3. The molecule has 1 N–H and O–H groups in total. The molecule has 124 valence electrons. The Morgan fingerprint density at radius 3 is 2.32 bits per heavy atom. The Morgan fingerprint density at radius 2 is 1.73 bits per heavy atom. The Labute approximate surface area is 144 Å². The third kappa shape index (κ3) is 4.83. The van der Waals surface area contributed by atoms with Crippen LogP contribution in [-0.4, -0.2) is 42.0 Å². The molecule has 0 spiro atoms. The number of carbonyl (C=O) groups is 1. The van der Waals surface area contributed by atoms with E-state index in [0.29, 0.717) is 12.3 Å². The summed E-state index contributed by atoms with van der Waals surface area (Å²) in [5, 5.41) is 3.47. The van der Waals surface area contributed by atoms with Crippen LogP contribution < -0.4 is 5.32 Å². The van der Waals surface area contributed by atoms with Gasteiger partial charge in [0, 0.05) is 31.9 Å². The molecule has 1 aromatic heterocycles. The van der Waals surface area contributed by atoms with Crippen LogP contribution in [0.2, 0.25) is 0 Å². The molecule has 0 aromatic carbocycles. The van der Waals surface area contributed by atoms with E-state index < -0.39 is 0 Å². The van der Waals surface area contributed by atoms with Crippen molar-refractivity contribution in [2.75, 3.05) is 26.2 Å². The van der Waals surface area contributed by atoms with Crippen molar-refractivity contribution in [2.24, 2.45) is 11.8 Å². The highest BCUT2D eigenvalue weighted by molar-refractivity contribution is 5.85. The molecule has 2 atom stereocenters. The van der Waals surface area contributed by atoms with E-state index >= 15 is 0 Å². The maximum atomic E-state index is 12.3. The van der Waals surface area contributed by atoms with Gasteiger partial charge in [0.2, 0.25) is 5.91 Å².